The average Bonchev–Trinajstić information content (AvgIpc) is 3.30. The molecule has 174 valence electrons. The molecule has 0 radical (unpaired) electrons. The number of amidine groups is 2. The molecule has 2 heterocycles. The van der Waals surface area contributed by atoms with Crippen LogP contribution in [0.25, 0.3) is 6.08 Å². The van der Waals surface area contributed by atoms with E-state index in [1.165, 1.54) is 22.3 Å². The highest BCUT2D eigenvalue weighted by molar-refractivity contribution is 8.25. The van der Waals surface area contributed by atoms with Gasteiger partial charge in [0.15, 0.2) is 22.5 Å². The Morgan fingerprint density at radius 1 is 1.18 bits per heavy atom. The van der Waals surface area contributed by atoms with Gasteiger partial charge in [0.05, 0.1) is 18.2 Å². The zero-order chi connectivity index (χ0) is 24.1. The molecule has 9 heteroatoms. The second kappa shape index (κ2) is 10.4. The largest absolute Gasteiger partial charge is 0.493 e. The van der Waals surface area contributed by atoms with E-state index in [-0.39, 0.29) is 11.4 Å². The number of benzene rings is 2. The van der Waals surface area contributed by atoms with Crippen LogP contribution in [0.5, 0.6) is 17.2 Å². The van der Waals surface area contributed by atoms with Crippen LogP contribution in [0.4, 0.5) is 0 Å². The van der Waals surface area contributed by atoms with Crippen molar-refractivity contribution in [2.75, 3.05) is 20.3 Å². The number of carbonyl (C=O) groups excluding carboxylic acids is 1. The molecule has 34 heavy (non-hydrogen) atoms. The standard InChI is InChI=1S/C25H24N4O4S/c1-4-5-18-12-17(13-20-23(26)29-25(28-24(20)30)34-15-27-29)14-21(31-3)22(18)33-11-10-32-19-8-6-16(2)7-9-19/h4,6-9,12-15,26H,1,5,10-11H2,2-3H3/b20-13+,26-23?. The zero-order valence-corrected chi connectivity index (χ0v) is 19.7. The van der Waals surface area contributed by atoms with Crippen molar-refractivity contribution in [2.24, 2.45) is 10.1 Å². The topological polar surface area (TPSA) is 96.6 Å². The molecule has 2 aliphatic rings. The number of nitrogens with one attached hydrogen (secondary N) is 1. The number of fused-ring (bicyclic) bond motifs is 1. The summed E-state index contributed by atoms with van der Waals surface area (Å²) in [4.78, 5) is 16.5. The molecular weight excluding hydrogens is 452 g/mol. The molecular formula is C25H24N4O4S. The Balaban J connectivity index is 1.54. The van der Waals surface area contributed by atoms with Gasteiger partial charge < -0.3 is 14.2 Å². The first-order valence-electron chi connectivity index (χ1n) is 10.6. The SMILES string of the molecule is C=CCc1cc(/C=C2\C(=N)N3N=CSC3=NC2=O)cc(OC)c1OCCOc1ccc(C)cc1. The van der Waals surface area contributed by atoms with Gasteiger partial charge in [0.1, 0.15) is 19.0 Å². The van der Waals surface area contributed by atoms with Gasteiger partial charge in [-0.15, -0.1) is 6.58 Å². The molecule has 2 aromatic rings. The number of thioether (sulfide) groups is 1. The fourth-order valence-corrected chi connectivity index (χ4v) is 4.04. The number of aliphatic imine (C=N–C) groups is 1. The summed E-state index contributed by atoms with van der Waals surface area (Å²) in [5.74, 6) is 1.37. The normalized spacial score (nSPS) is 15.9. The predicted molar refractivity (Wildman–Crippen MR) is 135 cm³/mol. The maximum atomic E-state index is 12.5. The summed E-state index contributed by atoms with van der Waals surface area (Å²) in [6.07, 6.45) is 3.91. The lowest BCUT2D eigenvalue weighted by atomic mass is 10.0. The fourth-order valence-electron chi connectivity index (χ4n) is 3.43. The maximum Gasteiger partial charge on any atom is 0.283 e. The van der Waals surface area contributed by atoms with Crippen molar-refractivity contribution in [1.29, 1.82) is 5.41 Å². The second-order valence-corrected chi connectivity index (χ2v) is 8.28. The third-order valence-corrected chi connectivity index (χ3v) is 5.74. The molecule has 0 unspecified atom stereocenters. The summed E-state index contributed by atoms with van der Waals surface area (Å²) < 4.78 is 17.4. The van der Waals surface area contributed by atoms with E-state index >= 15 is 0 Å². The molecule has 1 amide bonds. The predicted octanol–water partition coefficient (Wildman–Crippen LogP) is 4.44. The number of carbonyl (C=O) groups is 1. The van der Waals surface area contributed by atoms with Gasteiger partial charge in [-0.25, -0.2) is 0 Å². The number of methoxy groups -OCH3 is 1. The van der Waals surface area contributed by atoms with Crippen LogP contribution in [0, 0.1) is 12.3 Å². The number of rotatable bonds is 9. The van der Waals surface area contributed by atoms with Crippen molar-refractivity contribution in [3.8, 4) is 17.2 Å². The number of hydrogen-bond acceptors (Lipinski definition) is 7. The summed E-state index contributed by atoms with van der Waals surface area (Å²) in [5, 5.41) is 14.2. The van der Waals surface area contributed by atoms with Crippen LogP contribution in [0.15, 0.2) is 64.7 Å². The first kappa shape index (κ1) is 23.3. The van der Waals surface area contributed by atoms with E-state index in [1.54, 1.807) is 30.9 Å². The van der Waals surface area contributed by atoms with E-state index in [0.29, 0.717) is 41.9 Å². The van der Waals surface area contributed by atoms with Gasteiger partial charge in [0.25, 0.3) is 5.91 Å². The second-order valence-electron chi connectivity index (χ2n) is 7.47. The third-order valence-electron chi connectivity index (χ3n) is 5.07. The lowest BCUT2D eigenvalue weighted by Gasteiger charge is -2.21. The number of allylic oxidation sites excluding steroid dienone is 1. The van der Waals surface area contributed by atoms with E-state index in [2.05, 4.69) is 16.7 Å². The van der Waals surface area contributed by atoms with Crippen molar-refractivity contribution in [1.82, 2.24) is 5.01 Å². The van der Waals surface area contributed by atoms with Crippen molar-refractivity contribution in [3.63, 3.8) is 0 Å². The van der Waals surface area contributed by atoms with Crippen LogP contribution in [-0.2, 0) is 11.2 Å². The lowest BCUT2D eigenvalue weighted by Crippen LogP contribution is -2.35. The number of hydrogen-bond donors (Lipinski definition) is 1. The number of amides is 1. The van der Waals surface area contributed by atoms with Crippen LogP contribution in [0.2, 0.25) is 0 Å². The van der Waals surface area contributed by atoms with Gasteiger partial charge in [-0.3, -0.25) is 10.2 Å². The van der Waals surface area contributed by atoms with E-state index in [4.69, 9.17) is 19.6 Å². The molecule has 0 saturated carbocycles. The minimum Gasteiger partial charge on any atom is -0.493 e. The van der Waals surface area contributed by atoms with Gasteiger partial charge in [0, 0.05) is 5.56 Å². The Morgan fingerprint density at radius 2 is 1.94 bits per heavy atom. The molecule has 1 N–H and O–H groups in total. The molecule has 0 spiro atoms. The summed E-state index contributed by atoms with van der Waals surface area (Å²) in [6, 6.07) is 11.5. The summed E-state index contributed by atoms with van der Waals surface area (Å²) in [7, 11) is 1.56. The Labute approximate surface area is 202 Å². The number of hydrazone groups is 1. The van der Waals surface area contributed by atoms with Crippen molar-refractivity contribution in [2.45, 2.75) is 13.3 Å². The van der Waals surface area contributed by atoms with E-state index in [1.807, 2.05) is 37.3 Å². The average molecular weight is 477 g/mol. The monoisotopic (exact) mass is 476 g/mol. The van der Waals surface area contributed by atoms with Crippen molar-refractivity contribution in [3.05, 3.63) is 71.3 Å². The van der Waals surface area contributed by atoms with Gasteiger partial charge >= 0.3 is 0 Å². The van der Waals surface area contributed by atoms with Gasteiger partial charge in [-0.05, 0) is 61.0 Å². The van der Waals surface area contributed by atoms with E-state index in [9.17, 15) is 4.79 Å². The quantitative estimate of drug-likeness (QED) is 0.327. The molecule has 0 aliphatic carbocycles. The molecule has 2 aliphatic heterocycles. The highest BCUT2D eigenvalue weighted by Gasteiger charge is 2.32. The van der Waals surface area contributed by atoms with Crippen molar-refractivity contribution < 1.29 is 19.0 Å². The number of nitrogens with zero attached hydrogens (tertiary/aromatic N) is 3. The molecule has 0 bridgehead atoms. The highest BCUT2D eigenvalue weighted by atomic mass is 32.2. The molecule has 0 aromatic heterocycles. The summed E-state index contributed by atoms with van der Waals surface area (Å²) in [6.45, 7) is 6.55. The van der Waals surface area contributed by atoms with E-state index < -0.39 is 5.91 Å². The van der Waals surface area contributed by atoms with Gasteiger partial charge in [0.2, 0.25) is 0 Å². The molecule has 4 rings (SSSR count). The molecule has 2 aromatic carbocycles. The van der Waals surface area contributed by atoms with Crippen LogP contribution < -0.4 is 14.2 Å². The molecule has 0 atom stereocenters. The first-order valence-corrected chi connectivity index (χ1v) is 11.4. The Morgan fingerprint density at radius 3 is 2.68 bits per heavy atom. The Hall–Kier alpha value is -3.85. The van der Waals surface area contributed by atoms with Crippen LogP contribution in [0.1, 0.15) is 16.7 Å². The van der Waals surface area contributed by atoms with Crippen LogP contribution in [0.3, 0.4) is 0 Å². The highest BCUT2D eigenvalue weighted by Crippen LogP contribution is 2.35. The third kappa shape index (κ3) is 5.04. The minimum absolute atomic E-state index is 0.0194. The maximum absolute atomic E-state index is 12.5. The van der Waals surface area contributed by atoms with Crippen molar-refractivity contribution >= 4 is 40.3 Å². The Bertz CT molecular complexity index is 1220. The number of ether oxygens (including phenoxy) is 3. The molecule has 8 nitrogen and oxygen atoms in total. The summed E-state index contributed by atoms with van der Waals surface area (Å²) >= 11 is 1.21. The Kier molecular flexibility index (Phi) is 7.12. The van der Waals surface area contributed by atoms with Gasteiger partial charge in [-0.1, -0.05) is 23.8 Å². The minimum atomic E-state index is -0.480. The molecule has 0 fully saturated rings. The van der Waals surface area contributed by atoms with Crippen LogP contribution >= 0.6 is 11.8 Å². The first-order chi connectivity index (χ1) is 16.5. The molecule has 0 saturated heterocycles. The van der Waals surface area contributed by atoms with Crippen LogP contribution in [-0.4, -0.2) is 47.8 Å². The van der Waals surface area contributed by atoms with E-state index in [0.717, 1.165) is 11.3 Å². The number of aryl methyl sites for hydroxylation is 1. The zero-order valence-electron chi connectivity index (χ0n) is 18.9. The summed E-state index contributed by atoms with van der Waals surface area (Å²) in [5.41, 5.74) is 4.38. The fraction of sp³-hybridized carbons (Fsp3) is 0.200. The lowest BCUT2D eigenvalue weighted by molar-refractivity contribution is -0.114. The van der Waals surface area contributed by atoms with Gasteiger partial charge in [-0.2, -0.15) is 15.1 Å². The smallest absolute Gasteiger partial charge is 0.283 e.